The molecule has 2 aromatic carbocycles. The van der Waals surface area contributed by atoms with Gasteiger partial charge in [0, 0.05) is 25.3 Å². The molecular formula is C20H24N2O3. The Balaban J connectivity index is 1.47. The quantitative estimate of drug-likeness (QED) is 0.842. The molecule has 0 saturated carbocycles. The molecule has 0 unspecified atom stereocenters. The van der Waals surface area contributed by atoms with E-state index in [0.717, 1.165) is 37.6 Å². The van der Waals surface area contributed by atoms with Gasteiger partial charge >= 0.3 is 0 Å². The van der Waals surface area contributed by atoms with E-state index in [0.29, 0.717) is 19.6 Å². The molecule has 0 spiro atoms. The van der Waals surface area contributed by atoms with Crippen molar-refractivity contribution >= 4 is 11.6 Å². The van der Waals surface area contributed by atoms with E-state index in [1.807, 2.05) is 42.5 Å². The molecular weight excluding hydrogens is 316 g/mol. The summed E-state index contributed by atoms with van der Waals surface area (Å²) < 4.78 is 11.0. The van der Waals surface area contributed by atoms with E-state index in [4.69, 9.17) is 9.47 Å². The minimum atomic E-state index is -0.00675. The third-order valence-electron chi connectivity index (χ3n) is 4.16. The summed E-state index contributed by atoms with van der Waals surface area (Å²) in [5.74, 6) is 0.778. The molecule has 5 nitrogen and oxygen atoms in total. The monoisotopic (exact) mass is 340 g/mol. The van der Waals surface area contributed by atoms with Crippen LogP contribution in [0, 0.1) is 0 Å². The number of ether oxygens (including phenoxy) is 2. The highest BCUT2D eigenvalue weighted by molar-refractivity contribution is 5.76. The predicted octanol–water partition coefficient (Wildman–Crippen LogP) is 2.61. The van der Waals surface area contributed by atoms with E-state index in [1.54, 1.807) is 0 Å². The number of hydrogen-bond acceptors (Lipinski definition) is 4. The number of anilines is 1. The molecule has 1 aliphatic heterocycles. The molecule has 1 heterocycles. The fourth-order valence-electron chi connectivity index (χ4n) is 2.83. The minimum Gasteiger partial charge on any atom is -0.493 e. The zero-order chi connectivity index (χ0) is 17.3. The van der Waals surface area contributed by atoms with Crippen LogP contribution in [0.1, 0.15) is 12.0 Å². The molecule has 1 aliphatic rings. The lowest BCUT2D eigenvalue weighted by Gasteiger charge is -2.30. The average molecular weight is 340 g/mol. The summed E-state index contributed by atoms with van der Waals surface area (Å²) in [5, 5.41) is 2.99. The molecule has 1 N–H and O–H groups in total. The Bertz CT molecular complexity index is 670. The number of para-hydroxylation sites is 2. The Morgan fingerprint density at radius 1 is 1.04 bits per heavy atom. The van der Waals surface area contributed by atoms with Crippen LogP contribution in [0.15, 0.2) is 54.6 Å². The van der Waals surface area contributed by atoms with Gasteiger partial charge in [0.2, 0.25) is 5.91 Å². The molecule has 132 valence electrons. The summed E-state index contributed by atoms with van der Waals surface area (Å²) in [4.78, 5) is 14.4. The minimum absolute atomic E-state index is 0.00675. The van der Waals surface area contributed by atoms with Gasteiger partial charge in [0.05, 0.1) is 26.2 Å². The van der Waals surface area contributed by atoms with Gasteiger partial charge in [0.25, 0.3) is 0 Å². The van der Waals surface area contributed by atoms with Gasteiger partial charge in [0.15, 0.2) is 0 Å². The molecule has 3 rings (SSSR count). The SMILES string of the molecule is O=C(CCOc1ccccc1)NCc1ccccc1N1CCOCC1. The molecule has 1 fully saturated rings. The number of nitrogens with one attached hydrogen (secondary N) is 1. The van der Waals surface area contributed by atoms with E-state index in [1.165, 1.54) is 5.69 Å². The number of rotatable bonds is 7. The van der Waals surface area contributed by atoms with Crippen LogP contribution < -0.4 is 15.0 Å². The van der Waals surface area contributed by atoms with Crippen LogP contribution in [0.5, 0.6) is 5.75 Å². The smallest absolute Gasteiger partial charge is 0.223 e. The van der Waals surface area contributed by atoms with E-state index >= 15 is 0 Å². The van der Waals surface area contributed by atoms with Crippen molar-refractivity contribution in [3.8, 4) is 5.75 Å². The molecule has 0 aliphatic carbocycles. The lowest BCUT2D eigenvalue weighted by Crippen LogP contribution is -2.37. The number of carbonyl (C=O) groups is 1. The maximum absolute atomic E-state index is 12.1. The van der Waals surface area contributed by atoms with Gasteiger partial charge in [-0.25, -0.2) is 0 Å². The van der Waals surface area contributed by atoms with Crippen molar-refractivity contribution in [2.45, 2.75) is 13.0 Å². The van der Waals surface area contributed by atoms with E-state index < -0.39 is 0 Å². The Morgan fingerprint density at radius 2 is 1.76 bits per heavy atom. The first kappa shape index (κ1) is 17.3. The van der Waals surface area contributed by atoms with Crippen molar-refractivity contribution in [1.29, 1.82) is 0 Å². The lowest BCUT2D eigenvalue weighted by molar-refractivity contribution is -0.121. The fourth-order valence-corrected chi connectivity index (χ4v) is 2.83. The Labute approximate surface area is 148 Å². The zero-order valence-electron chi connectivity index (χ0n) is 14.3. The number of nitrogens with zero attached hydrogens (tertiary/aromatic N) is 1. The first-order chi connectivity index (χ1) is 12.3. The summed E-state index contributed by atoms with van der Waals surface area (Å²) in [5.41, 5.74) is 2.30. The number of morpholine rings is 1. The van der Waals surface area contributed by atoms with Gasteiger partial charge in [-0.15, -0.1) is 0 Å². The lowest BCUT2D eigenvalue weighted by atomic mass is 10.1. The standard InChI is InChI=1S/C20H24N2O3/c23-20(10-13-25-18-7-2-1-3-8-18)21-16-17-6-4-5-9-19(17)22-11-14-24-15-12-22/h1-9H,10-16H2,(H,21,23). The third kappa shape index (κ3) is 5.22. The molecule has 5 heteroatoms. The second-order valence-electron chi connectivity index (χ2n) is 5.92. The largest absolute Gasteiger partial charge is 0.493 e. The normalized spacial score (nSPS) is 14.2. The van der Waals surface area contributed by atoms with Crippen LogP contribution >= 0.6 is 0 Å². The molecule has 0 aromatic heterocycles. The molecule has 0 atom stereocenters. The average Bonchev–Trinajstić information content (AvgIpc) is 2.68. The van der Waals surface area contributed by atoms with Crippen LogP contribution in [-0.2, 0) is 16.1 Å². The van der Waals surface area contributed by atoms with Gasteiger partial charge < -0.3 is 19.7 Å². The Morgan fingerprint density at radius 3 is 2.56 bits per heavy atom. The Hall–Kier alpha value is -2.53. The molecule has 0 bridgehead atoms. The number of amides is 1. The van der Waals surface area contributed by atoms with Gasteiger partial charge in [-0.3, -0.25) is 4.79 Å². The highest BCUT2D eigenvalue weighted by Gasteiger charge is 2.14. The van der Waals surface area contributed by atoms with Crippen LogP contribution in [0.4, 0.5) is 5.69 Å². The van der Waals surface area contributed by atoms with Crippen molar-refractivity contribution in [1.82, 2.24) is 5.32 Å². The van der Waals surface area contributed by atoms with Crippen molar-refractivity contribution in [2.75, 3.05) is 37.8 Å². The van der Waals surface area contributed by atoms with E-state index in [2.05, 4.69) is 22.3 Å². The summed E-state index contributed by atoms with van der Waals surface area (Å²) in [6.07, 6.45) is 0.342. The highest BCUT2D eigenvalue weighted by Crippen LogP contribution is 2.21. The zero-order valence-corrected chi connectivity index (χ0v) is 14.3. The maximum Gasteiger partial charge on any atom is 0.223 e. The van der Waals surface area contributed by atoms with E-state index in [9.17, 15) is 4.79 Å². The second kappa shape index (κ2) is 9.08. The summed E-state index contributed by atoms with van der Waals surface area (Å²) in [6.45, 7) is 4.17. The molecule has 25 heavy (non-hydrogen) atoms. The highest BCUT2D eigenvalue weighted by atomic mass is 16.5. The Kier molecular flexibility index (Phi) is 6.29. The third-order valence-corrected chi connectivity index (χ3v) is 4.16. The number of carbonyl (C=O) groups excluding carboxylic acids is 1. The number of benzene rings is 2. The van der Waals surface area contributed by atoms with Gasteiger partial charge in [0.1, 0.15) is 5.75 Å². The molecule has 1 amide bonds. The van der Waals surface area contributed by atoms with Crippen molar-refractivity contribution in [2.24, 2.45) is 0 Å². The maximum atomic E-state index is 12.1. The second-order valence-corrected chi connectivity index (χ2v) is 5.92. The van der Waals surface area contributed by atoms with Gasteiger partial charge in [-0.2, -0.15) is 0 Å². The van der Waals surface area contributed by atoms with Crippen molar-refractivity contribution in [3.05, 3.63) is 60.2 Å². The molecule has 2 aromatic rings. The van der Waals surface area contributed by atoms with Gasteiger partial charge in [-0.1, -0.05) is 36.4 Å². The fraction of sp³-hybridized carbons (Fsp3) is 0.350. The van der Waals surface area contributed by atoms with Gasteiger partial charge in [-0.05, 0) is 23.8 Å². The van der Waals surface area contributed by atoms with Crippen LogP contribution in [0.2, 0.25) is 0 Å². The summed E-state index contributed by atoms with van der Waals surface area (Å²) in [6, 6.07) is 17.7. The summed E-state index contributed by atoms with van der Waals surface area (Å²) in [7, 11) is 0. The predicted molar refractivity (Wildman–Crippen MR) is 97.9 cm³/mol. The van der Waals surface area contributed by atoms with Crippen molar-refractivity contribution in [3.63, 3.8) is 0 Å². The first-order valence-corrected chi connectivity index (χ1v) is 8.68. The van der Waals surface area contributed by atoms with E-state index in [-0.39, 0.29) is 5.91 Å². The summed E-state index contributed by atoms with van der Waals surface area (Å²) >= 11 is 0. The molecule has 0 radical (unpaired) electrons. The number of hydrogen-bond donors (Lipinski definition) is 1. The van der Waals surface area contributed by atoms with Crippen molar-refractivity contribution < 1.29 is 14.3 Å². The van der Waals surface area contributed by atoms with Crippen LogP contribution in [-0.4, -0.2) is 38.8 Å². The molecule has 1 saturated heterocycles. The topological polar surface area (TPSA) is 50.8 Å². The van der Waals surface area contributed by atoms with Crippen LogP contribution in [0.25, 0.3) is 0 Å². The van der Waals surface area contributed by atoms with Crippen LogP contribution in [0.3, 0.4) is 0 Å². The first-order valence-electron chi connectivity index (χ1n) is 8.68.